The zero-order valence-electron chi connectivity index (χ0n) is 25.5. The number of nitrogens with zero attached hydrogens (tertiary/aromatic N) is 1. The molecule has 1 aliphatic rings. The highest BCUT2D eigenvalue weighted by Gasteiger charge is 2.32. The van der Waals surface area contributed by atoms with E-state index in [-0.39, 0.29) is 30.8 Å². The van der Waals surface area contributed by atoms with Crippen LogP contribution in [-0.2, 0) is 13.0 Å². The minimum Gasteiger partial charge on any atom is -0.408 e. The van der Waals surface area contributed by atoms with Gasteiger partial charge in [0.1, 0.15) is 11.5 Å². The predicted molar refractivity (Wildman–Crippen MR) is 169 cm³/mol. The number of hydroxylamine groups is 1. The molecule has 1 saturated heterocycles. The second kappa shape index (κ2) is 15.3. The maximum absolute atomic E-state index is 13.7. The van der Waals surface area contributed by atoms with Gasteiger partial charge in [-0.3, -0.25) is 4.79 Å². The van der Waals surface area contributed by atoms with Gasteiger partial charge in [0.05, 0.1) is 18.2 Å². The number of carbonyl (C=O) groups excluding carboxylic acids is 1. The van der Waals surface area contributed by atoms with E-state index < -0.39 is 18.5 Å². The van der Waals surface area contributed by atoms with Gasteiger partial charge in [0.2, 0.25) is 0 Å². The van der Waals surface area contributed by atoms with Crippen molar-refractivity contribution in [3.05, 3.63) is 131 Å². The van der Waals surface area contributed by atoms with Crippen LogP contribution in [0.4, 0.5) is 13.2 Å². The summed E-state index contributed by atoms with van der Waals surface area (Å²) in [5.41, 5.74) is 7.05. The van der Waals surface area contributed by atoms with Crippen LogP contribution in [0, 0.1) is 6.92 Å². The number of hydrogen-bond donors (Lipinski definition) is 3. The fourth-order valence-corrected chi connectivity index (χ4v) is 5.75. The van der Waals surface area contributed by atoms with E-state index in [0.717, 1.165) is 29.5 Å². The van der Waals surface area contributed by atoms with Gasteiger partial charge < -0.3 is 24.9 Å². The molecule has 46 heavy (non-hydrogen) atoms. The molecule has 4 aromatic rings. The first kappa shape index (κ1) is 33.0. The van der Waals surface area contributed by atoms with Crippen LogP contribution in [0.1, 0.15) is 51.5 Å². The van der Waals surface area contributed by atoms with E-state index in [2.05, 4.69) is 27.7 Å². The highest BCUT2D eigenvalue weighted by atomic mass is 19.4. The first-order valence-corrected chi connectivity index (χ1v) is 15.3. The van der Waals surface area contributed by atoms with Crippen molar-refractivity contribution in [1.29, 1.82) is 0 Å². The zero-order valence-corrected chi connectivity index (χ0v) is 25.5. The van der Waals surface area contributed by atoms with Crippen molar-refractivity contribution in [3.8, 4) is 11.5 Å². The third-order valence-corrected chi connectivity index (χ3v) is 7.90. The lowest BCUT2D eigenvalue weighted by Gasteiger charge is -2.26. The predicted octanol–water partition coefficient (Wildman–Crippen LogP) is 6.52. The maximum Gasteiger partial charge on any atom is 0.573 e. The van der Waals surface area contributed by atoms with Crippen LogP contribution >= 0.6 is 0 Å². The van der Waals surface area contributed by atoms with Crippen LogP contribution in [0.3, 0.4) is 0 Å². The molecule has 0 aliphatic carbocycles. The van der Waals surface area contributed by atoms with Crippen molar-refractivity contribution in [2.45, 2.75) is 57.3 Å². The van der Waals surface area contributed by atoms with Gasteiger partial charge in [-0.2, -0.15) is 5.48 Å². The first-order chi connectivity index (χ1) is 22.1. The van der Waals surface area contributed by atoms with E-state index in [0.29, 0.717) is 29.8 Å². The Morgan fingerprint density at radius 1 is 0.935 bits per heavy atom. The summed E-state index contributed by atoms with van der Waals surface area (Å²) < 4.78 is 41.9. The van der Waals surface area contributed by atoms with Gasteiger partial charge in [-0.15, -0.1) is 13.2 Å². The SMILES string of the molecule is Cc1cc(ON[C@@H](Cc2ccccc2)[C@H](O)CNCc2cccc(OC(F)(F)F)c2)cc(C(=O)N2CCCC2c2ccccc2)c1. The van der Waals surface area contributed by atoms with Gasteiger partial charge in [-0.1, -0.05) is 72.8 Å². The molecular weight excluding hydrogens is 595 g/mol. The summed E-state index contributed by atoms with van der Waals surface area (Å²) in [6.07, 6.45) is -3.43. The molecule has 1 amide bonds. The Morgan fingerprint density at radius 3 is 2.39 bits per heavy atom. The highest BCUT2D eigenvalue weighted by molar-refractivity contribution is 5.95. The first-order valence-electron chi connectivity index (χ1n) is 15.3. The zero-order chi connectivity index (χ0) is 32.5. The minimum atomic E-state index is -4.78. The quantitative estimate of drug-likeness (QED) is 0.146. The number of alkyl halides is 3. The lowest BCUT2D eigenvalue weighted by atomic mass is 10.0. The molecule has 3 atom stereocenters. The standard InChI is InChI=1S/C36H38F3N3O4/c1-25-18-29(35(44)42-17-9-16-33(42)28-13-6-3-7-14-28)22-31(19-25)46-41-32(21-26-10-4-2-5-11-26)34(43)24-40-23-27-12-8-15-30(20-27)45-36(37,38)39/h2-8,10-15,18-20,22,32-34,40-41,43H,9,16-17,21,23-24H2,1H3/t32-,33?,34+/m0/s1. The summed E-state index contributed by atoms with van der Waals surface area (Å²) in [6.45, 7) is 2.93. The summed E-state index contributed by atoms with van der Waals surface area (Å²) in [6, 6.07) is 30.2. The number of aliphatic hydroxyl groups excluding tert-OH is 1. The fraction of sp³-hybridized carbons (Fsp3) is 0.306. The molecule has 1 heterocycles. The van der Waals surface area contributed by atoms with Gasteiger partial charge in [0, 0.05) is 25.2 Å². The van der Waals surface area contributed by atoms with Gasteiger partial charge in [0.15, 0.2) is 0 Å². The topological polar surface area (TPSA) is 83.1 Å². The Morgan fingerprint density at radius 2 is 1.65 bits per heavy atom. The van der Waals surface area contributed by atoms with Gasteiger partial charge in [-0.05, 0) is 78.8 Å². The number of likely N-dealkylation sites (tertiary alicyclic amines) is 1. The molecule has 1 fully saturated rings. The van der Waals surface area contributed by atoms with Crippen LogP contribution in [0.15, 0.2) is 103 Å². The molecule has 0 spiro atoms. The van der Waals surface area contributed by atoms with E-state index in [4.69, 9.17) is 4.84 Å². The van der Waals surface area contributed by atoms with Gasteiger partial charge >= 0.3 is 6.36 Å². The molecule has 0 radical (unpaired) electrons. The number of ether oxygens (including phenoxy) is 1. The fourth-order valence-electron chi connectivity index (χ4n) is 5.75. The molecule has 0 aromatic heterocycles. The molecule has 3 N–H and O–H groups in total. The smallest absolute Gasteiger partial charge is 0.408 e. The van der Waals surface area contributed by atoms with Crippen LogP contribution in [0.2, 0.25) is 0 Å². The monoisotopic (exact) mass is 633 g/mol. The lowest BCUT2D eigenvalue weighted by Crippen LogP contribution is -2.47. The second-order valence-corrected chi connectivity index (χ2v) is 11.5. The van der Waals surface area contributed by atoms with Crippen LogP contribution in [0.5, 0.6) is 11.5 Å². The summed E-state index contributed by atoms with van der Waals surface area (Å²) in [5, 5.41) is 14.3. The Kier molecular flexibility index (Phi) is 11.0. The van der Waals surface area contributed by atoms with E-state index >= 15 is 0 Å². The van der Waals surface area contributed by atoms with Crippen molar-refractivity contribution in [1.82, 2.24) is 15.7 Å². The van der Waals surface area contributed by atoms with Crippen LogP contribution in [0.25, 0.3) is 0 Å². The minimum absolute atomic E-state index is 0.0224. The van der Waals surface area contributed by atoms with E-state index in [9.17, 15) is 23.1 Å². The number of halogens is 3. The molecule has 4 aromatic carbocycles. The van der Waals surface area contributed by atoms with Crippen LogP contribution in [-0.4, -0.2) is 47.5 Å². The van der Waals surface area contributed by atoms with Crippen LogP contribution < -0.4 is 20.4 Å². The number of aryl methyl sites for hydroxylation is 1. The third kappa shape index (κ3) is 9.32. The van der Waals surface area contributed by atoms with E-state index in [1.165, 1.54) is 18.2 Å². The van der Waals surface area contributed by atoms with Crippen molar-refractivity contribution < 1.29 is 32.6 Å². The number of carbonyl (C=O) groups is 1. The third-order valence-electron chi connectivity index (χ3n) is 7.90. The molecule has 7 nitrogen and oxygen atoms in total. The Balaban J connectivity index is 1.24. The van der Waals surface area contributed by atoms with E-state index in [1.807, 2.05) is 72.5 Å². The highest BCUT2D eigenvalue weighted by Crippen LogP contribution is 2.33. The number of rotatable bonds is 13. The average Bonchev–Trinajstić information content (AvgIpc) is 3.53. The Hall–Kier alpha value is -4.38. The molecule has 1 aliphatic heterocycles. The Labute approximate surface area is 266 Å². The largest absolute Gasteiger partial charge is 0.573 e. The number of hydrogen-bond acceptors (Lipinski definition) is 6. The van der Waals surface area contributed by atoms with E-state index in [1.54, 1.807) is 12.1 Å². The Bertz CT molecular complexity index is 1570. The molecule has 10 heteroatoms. The summed E-state index contributed by atoms with van der Waals surface area (Å²) >= 11 is 0. The number of amides is 1. The average molecular weight is 634 g/mol. The lowest BCUT2D eigenvalue weighted by molar-refractivity contribution is -0.274. The summed E-state index contributed by atoms with van der Waals surface area (Å²) in [5.74, 6) is 0.0777. The molecule has 0 bridgehead atoms. The summed E-state index contributed by atoms with van der Waals surface area (Å²) in [7, 11) is 0. The van der Waals surface area contributed by atoms with Crippen molar-refractivity contribution in [3.63, 3.8) is 0 Å². The maximum atomic E-state index is 13.7. The van der Waals surface area contributed by atoms with Crippen molar-refractivity contribution >= 4 is 5.91 Å². The molecule has 1 unspecified atom stereocenters. The molecule has 242 valence electrons. The summed E-state index contributed by atoms with van der Waals surface area (Å²) in [4.78, 5) is 21.6. The molecule has 5 rings (SSSR count). The molecular formula is C36H38F3N3O4. The van der Waals surface area contributed by atoms with Gasteiger partial charge in [0.25, 0.3) is 5.91 Å². The molecule has 0 saturated carbocycles. The number of nitrogens with one attached hydrogen (secondary N) is 2. The normalized spacial score (nSPS) is 16.2. The number of aliphatic hydroxyl groups is 1. The second-order valence-electron chi connectivity index (χ2n) is 11.5. The van der Waals surface area contributed by atoms with Crippen molar-refractivity contribution in [2.24, 2.45) is 0 Å². The van der Waals surface area contributed by atoms with Crippen molar-refractivity contribution in [2.75, 3.05) is 13.1 Å². The number of benzene rings is 4. The van der Waals surface area contributed by atoms with Gasteiger partial charge in [-0.25, -0.2) is 0 Å².